The molecule has 1 amide bonds. The highest BCUT2D eigenvalue weighted by Crippen LogP contribution is 2.21. The molecule has 0 radical (unpaired) electrons. The quantitative estimate of drug-likeness (QED) is 0.543. The molecule has 0 fully saturated rings. The second kappa shape index (κ2) is 5.17. The number of aromatic amines is 2. The Bertz CT molecular complexity index is 1070. The van der Waals surface area contributed by atoms with Gasteiger partial charge in [0.2, 0.25) is 5.91 Å². The number of nitrogens with one attached hydrogen (secondary N) is 3. The highest BCUT2D eigenvalue weighted by Gasteiger charge is 2.10. The van der Waals surface area contributed by atoms with Crippen molar-refractivity contribution < 1.29 is 9.21 Å². The summed E-state index contributed by atoms with van der Waals surface area (Å²) in [5, 5.41) is 3.89. The van der Waals surface area contributed by atoms with Crippen LogP contribution < -0.4 is 11.1 Å². The summed E-state index contributed by atoms with van der Waals surface area (Å²) in [5.41, 5.74) is 3.28. The van der Waals surface area contributed by atoms with Crippen molar-refractivity contribution in [2.24, 2.45) is 0 Å². The molecule has 0 saturated carbocycles. The van der Waals surface area contributed by atoms with E-state index in [9.17, 15) is 9.59 Å². The van der Waals surface area contributed by atoms with Crippen LogP contribution in [0, 0.1) is 0 Å². The van der Waals surface area contributed by atoms with Crippen LogP contribution in [0.3, 0.4) is 0 Å². The van der Waals surface area contributed by atoms with Gasteiger partial charge < -0.3 is 14.7 Å². The molecule has 2 aromatic heterocycles. The van der Waals surface area contributed by atoms with E-state index in [1.807, 2.05) is 30.5 Å². The van der Waals surface area contributed by atoms with E-state index in [4.69, 9.17) is 4.42 Å². The maximum atomic E-state index is 12.3. The molecule has 0 bridgehead atoms. The predicted molar refractivity (Wildman–Crippen MR) is 87.5 cm³/mol. The fourth-order valence-electron chi connectivity index (χ4n) is 2.66. The van der Waals surface area contributed by atoms with Crippen molar-refractivity contribution in [3.63, 3.8) is 0 Å². The summed E-state index contributed by atoms with van der Waals surface area (Å²) < 4.78 is 5.07. The standard InChI is InChI=1S/C17H13N3O3/c21-15(9-10-4-5-11-6-7-18-14(11)8-10)19-12-2-1-3-13-16(12)23-17(22)20-13/h1-8,18H,9H2,(H,19,21)(H,20,22). The summed E-state index contributed by atoms with van der Waals surface area (Å²) in [4.78, 5) is 29.2. The highest BCUT2D eigenvalue weighted by molar-refractivity contribution is 5.99. The zero-order valence-corrected chi connectivity index (χ0v) is 12.1. The number of rotatable bonds is 3. The number of fused-ring (bicyclic) bond motifs is 2. The minimum Gasteiger partial charge on any atom is -0.406 e. The van der Waals surface area contributed by atoms with Crippen molar-refractivity contribution in [2.45, 2.75) is 6.42 Å². The van der Waals surface area contributed by atoms with Crippen molar-refractivity contribution in [2.75, 3.05) is 5.32 Å². The lowest BCUT2D eigenvalue weighted by atomic mass is 10.1. The molecule has 6 nitrogen and oxygen atoms in total. The van der Waals surface area contributed by atoms with Gasteiger partial charge in [0.1, 0.15) is 0 Å². The third-order valence-corrected chi connectivity index (χ3v) is 3.70. The largest absolute Gasteiger partial charge is 0.417 e. The fourth-order valence-corrected chi connectivity index (χ4v) is 2.66. The molecule has 6 heteroatoms. The molecule has 2 aromatic carbocycles. The number of benzene rings is 2. The maximum Gasteiger partial charge on any atom is 0.417 e. The molecule has 0 saturated heterocycles. The van der Waals surface area contributed by atoms with E-state index in [0.717, 1.165) is 16.5 Å². The van der Waals surface area contributed by atoms with Gasteiger partial charge in [-0.25, -0.2) is 4.79 Å². The van der Waals surface area contributed by atoms with Crippen molar-refractivity contribution >= 4 is 33.6 Å². The molecule has 0 aliphatic heterocycles. The maximum absolute atomic E-state index is 12.3. The van der Waals surface area contributed by atoms with Gasteiger partial charge in [-0.05, 0) is 35.2 Å². The Labute approximate surface area is 130 Å². The number of H-pyrrole nitrogens is 2. The molecular formula is C17H13N3O3. The Morgan fingerprint density at radius 3 is 2.96 bits per heavy atom. The molecule has 2 heterocycles. The average molecular weight is 307 g/mol. The Kier molecular flexibility index (Phi) is 3.01. The normalized spacial score (nSPS) is 11.1. The monoisotopic (exact) mass is 307 g/mol. The van der Waals surface area contributed by atoms with Crippen LogP contribution in [0.2, 0.25) is 0 Å². The summed E-state index contributed by atoms with van der Waals surface area (Å²) >= 11 is 0. The molecule has 114 valence electrons. The lowest BCUT2D eigenvalue weighted by molar-refractivity contribution is -0.115. The van der Waals surface area contributed by atoms with E-state index in [-0.39, 0.29) is 12.3 Å². The van der Waals surface area contributed by atoms with Crippen molar-refractivity contribution in [3.05, 3.63) is 64.8 Å². The molecule has 0 unspecified atom stereocenters. The van der Waals surface area contributed by atoms with Crippen LogP contribution >= 0.6 is 0 Å². The van der Waals surface area contributed by atoms with Crippen molar-refractivity contribution in [1.29, 1.82) is 0 Å². The first-order valence-corrected chi connectivity index (χ1v) is 7.17. The number of carbonyl (C=O) groups excluding carboxylic acids is 1. The third-order valence-electron chi connectivity index (χ3n) is 3.70. The molecule has 0 spiro atoms. The number of aromatic nitrogens is 2. The van der Waals surface area contributed by atoms with E-state index in [0.29, 0.717) is 16.8 Å². The SMILES string of the molecule is O=C(Cc1ccc2cc[nH]c2c1)Nc1cccc2[nH]c(=O)oc12. The average Bonchev–Trinajstić information content (AvgIpc) is 3.12. The summed E-state index contributed by atoms with van der Waals surface area (Å²) in [5.74, 6) is -0.717. The lowest BCUT2D eigenvalue weighted by Crippen LogP contribution is -2.14. The lowest BCUT2D eigenvalue weighted by Gasteiger charge is -2.06. The van der Waals surface area contributed by atoms with Crippen LogP contribution in [0.25, 0.3) is 22.0 Å². The first-order valence-electron chi connectivity index (χ1n) is 7.17. The van der Waals surface area contributed by atoms with Crippen LogP contribution in [0.4, 0.5) is 5.69 Å². The van der Waals surface area contributed by atoms with Gasteiger partial charge in [-0.1, -0.05) is 18.2 Å². The zero-order chi connectivity index (χ0) is 15.8. The zero-order valence-electron chi connectivity index (χ0n) is 12.1. The molecule has 3 N–H and O–H groups in total. The van der Waals surface area contributed by atoms with Gasteiger partial charge in [0.25, 0.3) is 0 Å². The van der Waals surface area contributed by atoms with Crippen LogP contribution in [0.5, 0.6) is 0 Å². The van der Waals surface area contributed by atoms with E-state index in [1.54, 1.807) is 18.2 Å². The Morgan fingerprint density at radius 1 is 1.13 bits per heavy atom. The molecular weight excluding hydrogens is 294 g/mol. The molecule has 23 heavy (non-hydrogen) atoms. The Hall–Kier alpha value is -3.28. The van der Waals surface area contributed by atoms with E-state index in [2.05, 4.69) is 15.3 Å². The summed E-state index contributed by atoms with van der Waals surface area (Å²) in [6.07, 6.45) is 2.10. The highest BCUT2D eigenvalue weighted by atomic mass is 16.4. The predicted octanol–water partition coefficient (Wildman–Crippen LogP) is 2.78. The number of hydrogen-bond acceptors (Lipinski definition) is 3. The van der Waals surface area contributed by atoms with E-state index in [1.165, 1.54) is 0 Å². The van der Waals surface area contributed by atoms with E-state index < -0.39 is 5.76 Å². The topological polar surface area (TPSA) is 90.9 Å². The second-order valence-corrected chi connectivity index (χ2v) is 5.32. The number of carbonyl (C=O) groups is 1. The van der Waals surface area contributed by atoms with Crippen LogP contribution in [-0.2, 0) is 11.2 Å². The summed E-state index contributed by atoms with van der Waals surface area (Å²) in [6, 6.07) is 13.0. The number of amides is 1. The Morgan fingerprint density at radius 2 is 2.04 bits per heavy atom. The van der Waals surface area contributed by atoms with Gasteiger partial charge in [0, 0.05) is 11.7 Å². The van der Waals surface area contributed by atoms with Crippen LogP contribution in [-0.4, -0.2) is 15.9 Å². The van der Waals surface area contributed by atoms with E-state index >= 15 is 0 Å². The van der Waals surface area contributed by atoms with Gasteiger partial charge in [0.05, 0.1) is 17.6 Å². The molecule has 0 aliphatic carbocycles. The number of oxazole rings is 1. The fraction of sp³-hybridized carbons (Fsp3) is 0.0588. The number of para-hydroxylation sites is 1. The molecule has 0 aliphatic rings. The van der Waals surface area contributed by atoms with Crippen LogP contribution in [0.1, 0.15) is 5.56 Å². The second-order valence-electron chi connectivity index (χ2n) is 5.32. The van der Waals surface area contributed by atoms with Gasteiger partial charge in [-0.2, -0.15) is 0 Å². The molecule has 4 aromatic rings. The summed E-state index contributed by atoms with van der Waals surface area (Å²) in [7, 11) is 0. The Balaban J connectivity index is 1.58. The van der Waals surface area contributed by atoms with Crippen molar-refractivity contribution in [3.8, 4) is 0 Å². The minimum absolute atomic E-state index is 0.174. The number of hydrogen-bond donors (Lipinski definition) is 3. The minimum atomic E-state index is -0.543. The third kappa shape index (κ3) is 2.50. The molecule has 0 atom stereocenters. The first kappa shape index (κ1) is 13.4. The number of anilines is 1. The molecule has 4 rings (SSSR count). The van der Waals surface area contributed by atoms with Gasteiger partial charge >= 0.3 is 5.76 Å². The summed E-state index contributed by atoms with van der Waals surface area (Å²) in [6.45, 7) is 0. The van der Waals surface area contributed by atoms with Crippen LogP contribution in [0.15, 0.2) is 57.9 Å². The van der Waals surface area contributed by atoms with Gasteiger partial charge in [0.15, 0.2) is 5.58 Å². The van der Waals surface area contributed by atoms with Gasteiger partial charge in [-0.3, -0.25) is 9.78 Å². The van der Waals surface area contributed by atoms with Crippen molar-refractivity contribution in [1.82, 2.24) is 9.97 Å². The van der Waals surface area contributed by atoms with Gasteiger partial charge in [-0.15, -0.1) is 0 Å². The smallest absolute Gasteiger partial charge is 0.406 e. The first-order chi connectivity index (χ1) is 11.2.